The smallest absolute Gasteiger partial charge is 0.407 e. The van der Waals surface area contributed by atoms with Crippen LogP contribution in [-0.2, 0) is 14.3 Å². The summed E-state index contributed by atoms with van der Waals surface area (Å²) in [6.45, 7) is 5.20. The van der Waals surface area contributed by atoms with Crippen LogP contribution in [0.1, 0.15) is 46.5 Å². The highest BCUT2D eigenvalue weighted by Gasteiger charge is 2.48. The summed E-state index contributed by atoms with van der Waals surface area (Å²) < 4.78 is 35.2. The Labute approximate surface area is 123 Å². The van der Waals surface area contributed by atoms with E-state index in [4.69, 9.17) is 4.74 Å². The van der Waals surface area contributed by atoms with Gasteiger partial charge in [-0.2, -0.15) is 0 Å². The first-order chi connectivity index (χ1) is 9.58. The van der Waals surface area contributed by atoms with Crippen LogP contribution in [-0.4, -0.2) is 37.2 Å². The van der Waals surface area contributed by atoms with Gasteiger partial charge in [-0.25, -0.2) is 13.6 Å². The van der Waals surface area contributed by atoms with Crippen LogP contribution in [0.4, 0.5) is 13.6 Å². The van der Waals surface area contributed by atoms with Crippen molar-refractivity contribution in [1.29, 1.82) is 0 Å². The van der Waals surface area contributed by atoms with E-state index in [1.54, 1.807) is 20.8 Å². The molecule has 7 heteroatoms. The third kappa shape index (κ3) is 5.13. The van der Waals surface area contributed by atoms with Crippen LogP contribution in [0.2, 0.25) is 0 Å². The van der Waals surface area contributed by atoms with Crippen LogP contribution < -0.4 is 5.32 Å². The highest BCUT2D eigenvalue weighted by atomic mass is 19.3. The van der Waals surface area contributed by atoms with Gasteiger partial charge in [0.1, 0.15) is 5.60 Å². The van der Waals surface area contributed by atoms with Gasteiger partial charge >= 0.3 is 12.1 Å². The molecule has 1 aliphatic carbocycles. The van der Waals surface area contributed by atoms with E-state index >= 15 is 0 Å². The fraction of sp³-hybridized carbons (Fsp3) is 0.857. The van der Waals surface area contributed by atoms with Gasteiger partial charge in [-0.05, 0) is 40.0 Å². The summed E-state index contributed by atoms with van der Waals surface area (Å²) in [7, 11) is 1.18. The molecule has 1 N–H and O–H groups in total. The first-order valence-electron chi connectivity index (χ1n) is 6.94. The summed E-state index contributed by atoms with van der Waals surface area (Å²) in [5, 5.41) is 2.63. The van der Waals surface area contributed by atoms with Crippen molar-refractivity contribution in [1.82, 2.24) is 5.32 Å². The molecule has 122 valence electrons. The number of methoxy groups -OCH3 is 1. The molecule has 0 aromatic heterocycles. The zero-order valence-corrected chi connectivity index (χ0v) is 12.9. The molecular weight excluding hydrogens is 284 g/mol. The molecule has 1 fully saturated rings. The van der Waals surface area contributed by atoms with Gasteiger partial charge in [0.15, 0.2) is 0 Å². The average Bonchev–Trinajstić information content (AvgIpc) is 2.68. The number of alkyl halides is 2. The first kappa shape index (κ1) is 17.7. The molecule has 0 unspecified atom stereocenters. The number of alkyl carbamates (subject to hydrolysis) is 1. The number of rotatable bonds is 4. The molecule has 0 bridgehead atoms. The normalized spacial score (nSPS) is 25.8. The van der Waals surface area contributed by atoms with Gasteiger partial charge in [0.25, 0.3) is 0 Å². The number of carbonyl (C=O) groups is 2. The number of nitrogens with one attached hydrogen (secondary N) is 1. The molecule has 2 atom stereocenters. The lowest BCUT2D eigenvalue weighted by Gasteiger charge is -2.26. The molecule has 0 radical (unpaired) electrons. The fourth-order valence-electron chi connectivity index (χ4n) is 2.69. The third-order valence-corrected chi connectivity index (χ3v) is 3.49. The van der Waals surface area contributed by atoms with E-state index in [-0.39, 0.29) is 18.9 Å². The Balaban J connectivity index is 2.66. The molecular formula is C14H23F2NO4. The van der Waals surface area contributed by atoms with Crippen molar-refractivity contribution in [3.63, 3.8) is 0 Å². The maximum absolute atomic E-state index is 12.7. The quantitative estimate of drug-likeness (QED) is 0.811. The number of hydrogen-bond acceptors (Lipinski definition) is 4. The molecule has 1 aliphatic rings. The standard InChI is InChI=1S/C14H23F2NO4/c1-13(2,3)21-12(19)17-9-5-6-14(7-9,8-10(15)16)11(18)20-4/h9-10H,5-8H2,1-4H3,(H,17,19)/t9-,14-/m1/s1. The Hall–Kier alpha value is -1.40. The third-order valence-electron chi connectivity index (χ3n) is 3.49. The summed E-state index contributed by atoms with van der Waals surface area (Å²) in [4.78, 5) is 23.5. The summed E-state index contributed by atoms with van der Waals surface area (Å²) in [6, 6.07) is -0.363. The van der Waals surface area contributed by atoms with Crippen LogP contribution in [0.25, 0.3) is 0 Å². The van der Waals surface area contributed by atoms with Gasteiger partial charge in [0.2, 0.25) is 6.43 Å². The van der Waals surface area contributed by atoms with E-state index in [1.807, 2.05) is 0 Å². The van der Waals surface area contributed by atoms with Gasteiger partial charge in [0.05, 0.1) is 12.5 Å². The van der Waals surface area contributed by atoms with E-state index < -0.39 is 35.9 Å². The van der Waals surface area contributed by atoms with Gasteiger partial charge in [0, 0.05) is 12.5 Å². The van der Waals surface area contributed by atoms with Gasteiger partial charge in [-0.1, -0.05) is 0 Å². The van der Waals surface area contributed by atoms with E-state index in [1.165, 1.54) is 7.11 Å². The van der Waals surface area contributed by atoms with E-state index in [0.29, 0.717) is 6.42 Å². The monoisotopic (exact) mass is 307 g/mol. The topological polar surface area (TPSA) is 64.6 Å². The van der Waals surface area contributed by atoms with Crippen LogP contribution in [0.15, 0.2) is 0 Å². The predicted octanol–water partition coefficient (Wildman–Crippen LogP) is 2.88. The molecule has 0 aromatic rings. The number of hydrogen-bond donors (Lipinski definition) is 1. The van der Waals surface area contributed by atoms with E-state index in [2.05, 4.69) is 10.1 Å². The number of esters is 1. The van der Waals surface area contributed by atoms with E-state index in [9.17, 15) is 18.4 Å². The van der Waals surface area contributed by atoms with Crippen LogP contribution in [0.5, 0.6) is 0 Å². The van der Waals surface area contributed by atoms with Crippen LogP contribution in [0, 0.1) is 5.41 Å². The van der Waals surface area contributed by atoms with Crippen molar-refractivity contribution in [3.8, 4) is 0 Å². The first-order valence-corrected chi connectivity index (χ1v) is 6.94. The van der Waals surface area contributed by atoms with Gasteiger partial charge in [-0.15, -0.1) is 0 Å². The zero-order chi connectivity index (χ0) is 16.3. The predicted molar refractivity (Wildman–Crippen MR) is 72.1 cm³/mol. The SMILES string of the molecule is COC(=O)[C@]1(CC(F)F)CC[C@@H](NC(=O)OC(C)(C)C)C1. The van der Waals surface area contributed by atoms with E-state index in [0.717, 1.165) is 0 Å². The fourth-order valence-corrected chi connectivity index (χ4v) is 2.69. The van der Waals surface area contributed by atoms with Crippen molar-refractivity contribution in [2.75, 3.05) is 7.11 Å². The minimum atomic E-state index is -2.59. The molecule has 0 aliphatic heterocycles. The molecule has 0 spiro atoms. The number of amides is 1. The Morgan fingerprint density at radius 3 is 2.48 bits per heavy atom. The Morgan fingerprint density at radius 2 is 2.00 bits per heavy atom. The molecule has 0 aromatic carbocycles. The van der Waals surface area contributed by atoms with Crippen molar-refractivity contribution in [3.05, 3.63) is 0 Å². The van der Waals surface area contributed by atoms with Crippen molar-refractivity contribution in [2.45, 2.75) is 64.5 Å². The molecule has 21 heavy (non-hydrogen) atoms. The Bertz CT molecular complexity index is 395. The largest absolute Gasteiger partial charge is 0.469 e. The molecule has 5 nitrogen and oxygen atoms in total. The van der Waals surface area contributed by atoms with Crippen molar-refractivity contribution < 1.29 is 27.8 Å². The zero-order valence-electron chi connectivity index (χ0n) is 12.9. The summed E-state index contributed by atoms with van der Waals surface area (Å²) in [5.74, 6) is -0.642. The summed E-state index contributed by atoms with van der Waals surface area (Å²) >= 11 is 0. The number of carbonyl (C=O) groups excluding carboxylic acids is 2. The second-order valence-corrected chi connectivity index (χ2v) is 6.45. The maximum Gasteiger partial charge on any atom is 0.407 e. The van der Waals surface area contributed by atoms with Gasteiger partial charge in [-0.3, -0.25) is 4.79 Å². The lowest BCUT2D eigenvalue weighted by molar-refractivity contribution is -0.155. The highest BCUT2D eigenvalue weighted by Crippen LogP contribution is 2.44. The summed E-state index contributed by atoms with van der Waals surface area (Å²) in [5.41, 5.74) is -1.85. The second-order valence-electron chi connectivity index (χ2n) is 6.45. The molecule has 1 saturated carbocycles. The number of halogens is 2. The Kier molecular flexibility index (Phi) is 5.53. The molecule has 1 rings (SSSR count). The molecule has 1 amide bonds. The second kappa shape index (κ2) is 6.58. The Morgan fingerprint density at radius 1 is 1.38 bits per heavy atom. The average molecular weight is 307 g/mol. The lowest BCUT2D eigenvalue weighted by atomic mass is 9.82. The number of ether oxygens (including phenoxy) is 2. The van der Waals surface area contributed by atoms with Crippen molar-refractivity contribution in [2.24, 2.45) is 5.41 Å². The minimum absolute atomic E-state index is 0.142. The van der Waals surface area contributed by atoms with Crippen LogP contribution >= 0.6 is 0 Å². The summed E-state index contributed by atoms with van der Waals surface area (Å²) in [6.07, 6.45) is -2.89. The van der Waals surface area contributed by atoms with Crippen LogP contribution in [0.3, 0.4) is 0 Å². The molecule has 0 saturated heterocycles. The highest BCUT2D eigenvalue weighted by molar-refractivity contribution is 5.77. The van der Waals surface area contributed by atoms with Crippen molar-refractivity contribution >= 4 is 12.1 Å². The lowest BCUT2D eigenvalue weighted by Crippen LogP contribution is -2.40. The maximum atomic E-state index is 12.7. The molecule has 0 heterocycles. The minimum Gasteiger partial charge on any atom is -0.469 e. The van der Waals surface area contributed by atoms with Gasteiger partial charge < -0.3 is 14.8 Å².